The third-order valence-electron chi connectivity index (χ3n) is 5.08. The Morgan fingerprint density at radius 1 is 1.18 bits per heavy atom. The number of amides is 1. The van der Waals surface area contributed by atoms with Crippen LogP contribution in [0.25, 0.3) is 0 Å². The lowest BCUT2D eigenvalue weighted by molar-refractivity contribution is 0.0686. The van der Waals surface area contributed by atoms with Gasteiger partial charge in [-0.05, 0) is 74.7 Å². The van der Waals surface area contributed by atoms with E-state index in [1.165, 1.54) is 6.42 Å². The molecule has 0 spiro atoms. The number of nitrogens with one attached hydrogen (secondary N) is 1. The van der Waals surface area contributed by atoms with E-state index in [1.54, 1.807) is 0 Å². The van der Waals surface area contributed by atoms with E-state index in [0.717, 1.165) is 38.0 Å². The molecule has 1 N–H and O–H groups in total. The average molecular weight is 423 g/mol. The van der Waals surface area contributed by atoms with Crippen LogP contribution in [0.1, 0.15) is 35.2 Å². The first-order chi connectivity index (χ1) is 13.2. The molecule has 28 heavy (non-hydrogen) atoms. The van der Waals surface area contributed by atoms with Gasteiger partial charge in [0.15, 0.2) is 0 Å². The highest BCUT2D eigenvalue weighted by molar-refractivity contribution is 6.30. The molecule has 3 rings (SSSR count). The van der Waals surface area contributed by atoms with Crippen LogP contribution in [0.3, 0.4) is 0 Å². The zero-order chi connectivity index (χ0) is 19.1. The summed E-state index contributed by atoms with van der Waals surface area (Å²) in [7, 11) is 1.99. The number of hydrogen-bond donors (Lipinski definition) is 1. The molecule has 0 saturated carbocycles. The van der Waals surface area contributed by atoms with Gasteiger partial charge in [-0.3, -0.25) is 4.79 Å². The van der Waals surface area contributed by atoms with Crippen molar-refractivity contribution in [2.75, 3.05) is 26.7 Å². The molecule has 0 aromatic heterocycles. The van der Waals surface area contributed by atoms with Crippen LogP contribution >= 0.6 is 24.0 Å². The monoisotopic (exact) mass is 422 g/mol. The molecule has 0 unspecified atom stereocenters. The molecule has 1 heterocycles. The number of rotatable bonds is 7. The second kappa shape index (κ2) is 11.3. The summed E-state index contributed by atoms with van der Waals surface area (Å²) in [4.78, 5) is 14.8. The van der Waals surface area contributed by atoms with Crippen molar-refractivity contribution >= 4 is 29.9 Å². The van der Waals surface area contributed by atoms with Crippen molar-refractivity contribution in [2.45, 2.75) is 25.9 Å². The Hall–Kier alpha value is -1.75. The van der Waals surface area contributed by atoms with Crippen molar-refractivity contribution in [3.8, 4) is 5.75 Å². The van der Waals surface area contributed by atoms with E-state index in [0.29, 0.717) is 28.9 Å². The van der Waals surface area contributed by atoms with Gasteiger partial charge in [0.1, 0.15) is 12.4 Å². The summed E-state index contributed by atoms with van der Waals surface area (Å²) in [5.74, 6) is 1.51. The first kappa shape index (κ1) is 22.5. The first-order valence-corrected chi connectivity index (χ1v) is 9.94. The normalized spacial score (nSPS) is 14.4. The smallest absolute Gasteiger partial charge is 0.253 e. The average Bonchev–Trinajstić information content (AvgIpc) is 2.71. The van der Waals surface area contributed by atoms with E-state index >= 15 is 0 Å². The lowest BCUT2D eigenvalue weighted by atomic mass is 9.93. The minimum atomic E-state index is 0. The predicted molar refractivity (Wildman–Crippen MR) is 117 cm³/mol. The summed E-state index contributed by atoms with van der Waals surface area (Å²) in [5, 5.41) is 3.90. The Morgan fingerprint density at radius 2 is 1.93 bits per heavy atom. The summed E-state index contributed by atoms with van der Waals surface area (Å²) in [6.45, 7) is 3.14. The molecule has 0 aliphatic carbocycles. The summed E-state index contributed by atoms with van der Waals surface area (Å²) in [6.07, 6.45) is 3.35. The fraction of sp³-hybridized carbons (Fsp3) is 0.409. The van der Waals surface area contributed by atoms with E-state index in [2.05, 4.69) is 5.32 Å². The second-order valence-corrected chi connectivity index (χ2v) is 7.51. The maximum absolute atomic E-state index is 12.8. The number of halogens is 2. The number of ether oxygens (including phenoxy) is 1. The van der Waals surface area contributed by atoms with Crippen molar-refractivity contribution in [2.24, 2.45) is 5.92 Å². The van der Waals surface area contributed by atoms with Gasteiger partial charge in [0.05, 0.1) is 0 Å². The summed E-state index contributed by atoms with van der Waals surface area (Å²) >= 11 is 6.01. The van der Waals surface area contributed by atoms with Gasteiger partial charge in [-0.1, -0.05) is 29.8 Å². The largest absolute Gasteiger partial charge is 0.489 e. The van der Waals surface area contributed by atoms with Crippen molar-refractivity contribution < 1.29 is 9.53 Å². The Morgan fingerprint density at radius 3 is 2.64 bits per heavy atom. The fourth-order valence-corrected chi connectivity index (χ4v) is 3.68. The number of carbonyl (C=O) groups excluding carboxylic acids is 1. The molecule has 6 heteroatoms. The number of carbonyl (C=O) groups is 1. The lowest BCUT2D eigenvalue weighted by Crippen LogP contribution is -2.38. The van der Waals surface area contributed by atoms with Crippen LogP contribution in [-0.2, 0) is 6.61 Å². The maximum atomic E-state index is 12.8. The molecule has 1 saturated heterocycles. The van der Waals surface area contributed by atoms with Gasteiger partial charge in [-0.2, -0.15) is 0 Å². The van der Waals surface area contributed by atoms with Gasteiger partial charge >= 0.3 is 0 Å². The standard InChI is InChI=1S/C22H27ClN2O2.ClH/c1-24-11-8-17-9-12-25(13-10-17)22(26)19-5-3-7-21(15-19)27-16-18-4-2-6-20(23)14-18;/h2-7,14-15,17,24H,8-13,16H2,1H3;1H. The van der Waals surface area contributed by atoms with Crippen molar-refractivity contribution in [3.05, 3.63) is 64.7 Å². The van der Waals surface area contributed by atoms with Gasteiger partial charge in [-0.25, -0.2) is 0 Å². The predicted octanol–water partition coefficient (Wildman–Crippen LogP) is 4.80. The highest BCUT2D eigenvalue weighted by atomic mass is 35.5. The molecular weight excluding hydrogens is 395 g/mol. The topological polar surface area (TPSA) is 41.6 Å². The van der Waals surface area contributed by atoms with E-state index in [9.17, 15) is 4.79 Å². The van der Waals surface area contributed by atoms with Crippen molar-refractivity contribution in [1.29, 1.82) is 0 Å². The van der Waals surface area contributed by atoms with Gasteiger partial charge in [-0.15, -0.1) is 12.4 Å². The molecule has 0 atom stereocenters. The van der Waals surface area contributed by atoms with Crippen LogP contribution in [0, 0.1) is 5.92 Å². The van der Waals surface area contributed by atoms with Crippen LogP contribution in [0.5, 0.6) is 5.75 Å². The Balaban J connectivity index is 0.00000280. The summed E-state index contributed by atoms with van der Waals surface area (Å²) in [6, 6.07) is 15.1. The van der Waals surface area contributed by atoms with Crippen LogP contribution in [0.2, 0.25) is 5.02 Å². The Kier molecular flexibility index (Phi) is 9.10. The number of benzene rings is 2. The maximum Gasteiger partial charge on any atom is 0.253 e. The SMILES string of the molecule is CNCCC1CCN(C(=O)c2cccc(OCc3cccc(Cl)c3)c2)CC1.Cl. The third-order valence-corrected chi connectivity index (χ3v) is 5.31. The van der Waals surface area contributed by atoms with Crippen LogP contribution < -0.4 is 10.1 Å². The van der Waals surface area contributed by atoms with Gasteiger partial charge in [0, 0.05) is 23.7 Å². The molecule has 1 fully saturated rings. The lowest BCUT2D eigenvalue weighted by Gasteiger charge is -2.32. The molecule has 1 aliphatic rings. The molecule has 2 aromatic carbocycles. The molecule has 0 radical (unpaired) electrons. The Bertz CT molecular complexity index is 762. The van der Waals surface area contributed by atoms with E-state index < -0.39 is 0 Å². The molecule has 0 bridgehead atoms. The van der Waals surface area contributed by atoms with Crippen LogP contribution in [-0.4, -0.2) is 37.5 Å². The van der Waals surface area contributed by atoms with E-state index in [-0.39, 0.29) is 18.3 Å². The molecule has 1 aliphatic heterocycles. The minimum Gasteiger partial charge on any atom is -0.489 e. The number of hydrogen-bond acceptors (Lipinski definition) is 3. The van der Waals surface area contributed by atoms with Crippen LogP contribution in [0.15, 0.2) is 48.5 Å². The summed E-state index contributed by atoms with van der Waals surface area (Å²) in [5.41, 5.74) is 1.69. The quantitative estimate of drug-likeness (QED) is 0.696. The molecule has 1 amide bonds. The number of piperidine rings is 1. The van der Waals surface area contributed by atoms with E-state index in [4.69, 9.17) is 16.3 Å². The number of likely N-dealkylation sites (tertiary alicyclic amines) is 1. The molecule has 2 aromatic rings. The van der Waals surface area contributed by atoms with Gasteiger partial charge in [0.2, 0.25) is 0 Å². The highest BCUT2D eigenvalue weighted by Crippen LogP contribution is 2.23. The number of nitrogens with zero attached hydrogens (tertiary/aromatic N) is 1. The fourth-order valence-electron chi connectivity index (χ4n) is 3.47. The highest BCUT2D eigenvalue weighted by Gasteiger charge is 2.23. The zero-order valence-corrected chi connectivity index (χ0v) is 17.8. The molecular formula is C22H28Cl2N2O2. The van der Waals surface area contributed by atoms with E-state index in [1.807, 2.05) is 60.5 Å². The molecule has 152 valence electrons. The van der Waals surface area contributed by atoms with Gasteiger partial charge in [0.25, 0.3) is 5.91 Å². The third kappa shape index (κ3) is 6.40. The second-order valence-electron chi connectivity index (χ2n) is 7.07. The van der Waals surface area contributed by atoms with Crippen LogP contribution in [0.4, 0.5) is 0 Å². The minimum absolute atomic E-state index is 0. The summed E-state index contributed by atoms with van der Waals surface area (Å²) < 4.78 is 5.85. The van der Waals surface area contributed by atoms with Gasteiger partial charge < -0.3 is 15.0 Å². The zero-order valence-electron chi connectivity index (χ0n) is 16.2. The molecule has 4 nitrogen and oxygen atoms in total. The van der Waals surface area contributed by atoms with Crippen molar-refractivity contribution in [3.63, 3.8) is 0 Å². The first-order valence-electron chi connectivity index (χ1n) is 9.57. The Labute approximate surface area is 178 Å². The van der Waals surface area contributed by atoms with Crippen molar-refractivity contribution in [1.82, 2.24) is 10.2 Å².